The van der Waals surface area contributed by atoms with Crippen molar-refractivity contribution in [1.29, 1.82) is 0 Å². The largest absolute Gasteiger partial charge is 0.304 e. The number of aromatic nitrogens is 1. The Bertz CT molecular complexity index is 1300. The molecule has 0 atom stereocenters. The highest BCUT2D eigenvalue weighted by atomic mass is 32.1. The minimum atomic E-state index is -0.267. The molecule has 0 bridgehead atoms. The Morgan fingerprint density at radius 3 is 2.41 bits per heavy atom. The minimum absolute atomic E-state index is 0.267. The maximum Gasteiger partial charge on any atom is 0.279 e. The van der Waals surface area contributed by atoms with Gasteiger partial charge in [-0.15, -0.1) is 6.42 Å². The lowest BCUT2D eigenvalue weighted by Gasteiger charge is -2.04. The monoisotopic (exact) mass is 396 g/mol. The van der Waals surface area contributed by atoms with Crippen molar-refractivity contribution in [2.75, 3.05) is 0 Å². The van der Waals surface area contributed by atoms with Gasteiger partial charge in [0.05, 0.1) is 16.8 Å². The molecule has 1 aromatic heterocycles. The maximum absolute atomic E-state index is 12.8. The lowest BCUT2D eigenvalue weighted by molar-refractivity contribution is 0.0998. The summed E-state index contributed by atoms with van der Waals surface area (Å²) in [6, 6.07) is 21.9. The first-order valence-corrected chi connectivity index (χ1v) is 10.2. The molecule has 1 amide bonds. The molecular weight excluding hydrogens is 376 g/mol. The van der Waals surface area contributed by atoms with E-state index < -0.39 is 0 Å². The number of carbonyl (C=O) groups is 1. The number of nitrogens with zero attached hydrogens (tertiary/aromatic N) is 2. The van der Waals surface area contributed by atoms with Crippen molar-refractivity contribution in [1.82, 2.24) is 4.57 Å². The zero-order valence-electron chi connectivity index (χ0n) is 16.3. The van der Waals surface area contributed by atoms with Crippen LogP contribution in [0.25, 0.3) is 21.3 Å². The Balaban J connectivity index is 1.75. The van der Waals surface area contributed by atoms with Gasteiger partial charge in [0.2, 0.25) is 0 Å². The third-order valence-corrected chi connectivity index (χ3v) is 5.82. The fourth-order valence-corrected chi connectivity index (χ4v) is 4.71. The first kappa shape index (κ1) is 18.9. The van der Waals surface area contributed by atoms with E-state index in [1.54, 1.807) is 0 Å². The van der Waals surface area contributed by atoms with Crippen LogP contribution in [-0.2, 0) is 6.54 Å². The molecule has 0 N–H and O–H groups in total. The third-order valence-electron chi connectivity index (χ3n) is 4.80. The average molecular weight is 397 g/mol. The van der Waals surface area contributed by atoms with Gasteiger partial charge in [-0.05, 0) is 54.3 Å². The molecule has 142 valence electrons. The Kier molecular flexibility index (Phi) is 5.16. The van der Waals surface area contributed by atoms with E-state index in [0.29, 0.717) is 16.9 Å². The van der Waals surface area contributed by atoms with E-state index >= 15 is 0 Å². The Morgan fingerprint density at radius 1 is 1.03 bits per heavy atom. The zero-order chi connectivity index (χ0) is 20.4. The topological polar surface area (TPSA) is 34.4 Å². The van der Waals surface area contributed by atoms with E-state index in [1.165, 1.54) is 16.9 Å². The Labute approximate surface area is 174 Å². The van der Waals surface area contributed by atoms with Gasteiger partial charge in [-0.1, -0.05) is 65.8 Å². The predicted molar refractivity (Wildman–Crippen MR) is 120 cm³/mol. The van der Waals surface area contributed by atoms with Crippen molar-refractivity contribution in [2.24, 2.45) is 4.99 Å². The van der Waals surface area contributed by atoms with E-state index in [4.69, 9.17) is 6.42 Å². The molecule has 4 aromatic rings. The summed E-state index contributed by atoms with van der Waals surface area (Å²) in [6.45, 7) is 4.50. The lowest BCUT2D eigenvalue weighted by Crippen LogP contribution is -2.17. The summed E-state index contributed by atoms with van der Waals surface area (Å²) in [5, 5.41) is 0. The van der Waals surface area contributed by atoms with Crippen molar-refractivity contribution >= 4 is 27.5 Å². The molecule has 4 heteroatoms. The average Bonchev–Trinajstić information content (AvgIpc) is 3.06. The van der Waals surface area contributed by atoms with E-state index in [9.17, 15) is 4.79 Å². The van der Waals surface area contributed by atoms with Crippen LogP contribution < -0.4 is 4.80 Å². The molecule has 0 aliphatic heterocycles. The summed E-state index contributed by atoms with van der Waals surface area (Å²) in [5.74, 6) is 2.41. The lowest BCUT2D eigenvalue weighted by atomic mass is 10.0. The summed E-state index contributed by atoms with van der Waals surface area (Å²) in [7, 11) is 0. The quantitative estimate of drug-likeness (QED) is 0.429. The molecule has 0 aliphatic rings. The molecule has 0 saturated carbocycles. The number of aryl methyl sites for hydroxylation is 2. The summed E-state index contributed by atoms with van der Waals surface area (Å²) in [5.41, 5.74) is 6.10. The minimum Gasteiger partial charge on any atom is -0.304 e. The van der Waals surface area contributed by atoms with Crippen LogP contribution in [0, 0.1) is 26.2 Å². The van der Waals surface area contributed by atoms with Gasteiger partial charge in [0.15, 0.2) is 4.80 Å². The van der Waals surface area contributed by atoms with Crippen LogP contribution in [0.3, 0.4) is 0 Å². The van der Waals surface area contributed by atoms with Crippen LogP contribution >= 0.6 is 11.3 Å². The number of rotatable bonds is 3. The SMILES string of the molecule is C#CCn1c(=NC(=O)c2ccc(-c3ccccc3)cc2)sc2cc(C)cc(C)c21. The molecule has 0 radical (unpaired) electrons. The van der Waals surface area contributed by atoms with Crippen molar-refractivity contribution < 1.29 is 4.79 Å². The number of terminal acetylenes is 1. The number of amides is 1. The molecule has 0 saturated heterocycles. The Morgan fingerprint density at radius 2 is 1.72 bits per heavy atom. The highest BCUT2D eigenvalue weighted by Gasteiger charge is 2.11. The van der Waals surface area contributed by atoms with E-state index in [2.05, 4.69) is 36.9 Å². The smallest absolute Gasteiger partial charge is 0.279 e. The Hall–Kier alpha value is -3.42. The van der Waals surface area contributed by atoms with Gasteiger partial charge in [0.1, 0.15) is 0 Å². The van der Waals surface area contributed by atoms with Crippen molar-refractivity contribution in [3.05, 3.63) is 88.2 Å². The summed E-state index contributed by atoms with van der Waals surface area (Å²) < 4.78 is 3.04. The summed E-state index contributed by atoms with van der Waals surface area (Å²) in [6.07, 6.45) is 5.58. The third kappa shape index (κ3) is 3.78. The van der Waals surface area contributed by atoms with Crippen LogP contribution in [0.2, 0.25) is 0 Å². The second kappa shape index (κ2) is 7.90. The zero-order valence-corrected chi connectivity index (χ0v) is 17.2. The molecule has 0 unspecified atom stereocenters. The van der Waals surface area contributed by atoms with Gasteiger partial charge in [-0.3, -0.25) is 4.79 Å². The predicted octanol–water partition coefficient (Wildman–Crippen LogP) is 5.36. The second-order valence-corrected chi connectivity index (χ2v) is 7.97. The molecular formula is C25H20N2OS. The first-order valence-electron chi connectivity index (χ1n) is 9.35. The van der Waals surface area contributed by atoms with Crippen LogP contribution in [0.15, 0.2) is 71.7 Å². The van der Waals surface area contributed by atoms with Crippen LogP contribution in [-0.4, -0.2) is 10.5 Å². The van der Waals surface area contributed by atoms with E-state index in [-0.39, 0.29) is 5.91 Å². The first-order chi connectivity index (χ1) is 14.1. The fraction of sp³-hybridized carbons (Fsp3) is 0.120. The van der Waals surface area contributed by atoms with Crippen molar-refractivity contribution in [3.63, 3.8) is 0 Å². The number of fused-ring (bicyclic) bond motifs is 1. The van der Waals surface area contributed by atoms with Gasteiger partial charge >= 0.3 is 0 Å². The van der Waals surface area contributed by atoms with Crippen LogP contribution in [0.5, 0.6) is 0 Å². The molecule has 4 rings (SSSR count). The number of carbonyl (C=O) groups excluding carboxylic acids is 1. The molecule has 3 nitrogen and oxygen atoms in total. The second-order valence-electron chi connectivity index (χ2n) is 6.96. The standard InChI is InChI=1S/C25H20N2OS/c1-4-14-27-23-18(3)15-17(2)16-22(23)29-25(27)26-24(28)21-12-10-20(11-13-21)19-8-6-5-7-9-19/h1,5-13,15-16H,14H2,2-3H3. The number of thiazole rings is 1. The number of hydrogen-bond acceptors (Lipinski definition) is 2. The molecule has 1 heterocycles. The number of benzene rings is 3. The van der Waals surface area contributed by atoms with E-state index in [1.807, 2.05) is 59.2 Å². The van der Waals surface area contributed by atoms with Crippen molar-refractivity contribution in [2.45, 2.75) is 20.4 Å². The van der Waals surface area contributed by atoms with Gasteiger partial charge in [0.25, 0.3) is 5.91 Å². The highest BCUT2D eigenvalue weighted by Crippen LogP contribution is 2.23. The van der Waals surface area contributed by atoms with Crippen LogP contribution in [0.1, 0.15) is 21.5 Å². The van der Waals surface area contributed by atoms with Gasteiger partial charge < -0.3 is 4.57 Å². The molecule has 3 aromatic carbocycles. The summed E-state index contributed by atoms with van der Waals surface area (Å²) >= 11 is 1.50. The fourth-order valence-electron chi connectivity index (χ4n) is 3.50. The maximum atomic E-state index is 12.8. The molecule has 29 heavy (non-hydrogen) atoms. The van der Waals surface area contributed by atoms with Crippen molar-refractivity contribution in [3.8, 4) is 23.5 Å². The van der Waals surface area contributed by atoms with E-state index in [0.717, 1.165) is 26.9 Å². The van der Waals surface area contributed by atoms with Crippen LogP contribution in [0.4, 0.5) is 0 Å². The normalized spacial score (nSPS) is 11.6. The molecule has 0 spiro atoms. The molecule has 0 aliphatic carbocycles. The molecule has 0 fully saturated rings. The van der Waals surface area contributed by atoms with Gasteiger partial charge in [0, 0.05) is 5.56 Å². The van der Waals surface area contributed by atoms with Gasteiger partial charge in [-0.2, -0.15) is 4.99 Å². The number of hydrogen-bond donors (Lipinski definition) is 0. The highest BCUT2D eigenvalue weighted by molar-refractivity contribution is 7.16. The summed E-state index contributed by atoms with van der Waals surface area (Å²) in [4.78, 5) is 17.9. The van der Waals surface area contributed by atoms with Gasteiger partial charge in [-0.25, -0.2) is 0 Å².